The first-order chi connectivity index (χ1) is 12.2. The minimum absolute atomic E-state index is 0.526. The lowest BCUT2D eigenvalue weighted by Gasteiger charge is -2.34. The molecular weight excluding hydrogens is 330 g/mol. The first-order valence-electron chi connectivity index (χ1n) is 9.72. The van der Waals surface area contributed by atoms with Crippen LogP contribution in [0, 0.1) is 5.92 Å². The molecule has 1 aromatic heterocycles. The highest BCUT2D eigenvalue weighted by molar-refractivity contribution is 7.14. The van der Waals surface area contributed by atoms with Gasteiger partial charge in [-0.15, -0.1) is 11.3 Å². The number of hydrogen-bond donors (Lipinski definition) is 2. The average molecular weight is 364 g/mol. The highest BCUT2D eigenvalue weighted by Gasteiger charge is 2.21. The van der Waals surface area contributed by atoms with Gasteiger partial charge in [0.1, 0.15) is 0 Å². The summed E-state index contributed by atoms with van der Waals surface area (Å²) < 4.78 is 0. The second kappa shape index (κ2) is 9.43. The molecule has 25 heavy (non-hydrogen) atoms. The molecule has 0 amide bonds. The number of rotatable bonds is 5. The van der Waals surface area contributed by atoms with Gasteiger partial charge < -0.3 is 20.4 Å². The van der Waals surface area contributed by atoms with E-state index in [9.17, 15) is 0 Å². The summed E-state index contributed by atoms with van der Waals surface area (Å²) >= 11 is 1.84. The fourth-order valence-electron chi connectivity index (χ4n) is 3.70. The average Bonchev–Trinajstić information content (AvgIpc) is 3.18. The molecule has 0 atom stereocenters. The molecule has 140 valence electrons. The zero-order chi connectivity index (χ0) is 17.5. The summed E-state index contributed by atoms with van der Waals surface area (Å²) in [5.74, 6) is 1.86. The van der Waals surface area contributed by atoms with Crippen LogP contribution in [0.1, 0.15) is 32.6 Å². The third-order valence-electron chi connectivity index (χ3n) is 5.47. The molecule has 0 aromatic carbocycles. The van der Waals surface area contributed by atoms with E-state index in [1.807, 2.05) is 18.4 Å². The van der Waals surface area contributed by atoms with Crippen molar-refractivity contribution in [2.45, 2.75) is 38.6 Å². The van der Waals surface area contributed by atoms with E-state index in [1.54, 1.807) is 0 Å². The lowest BCUT2D eigenvalue weighted by molar-refractivity contribution is 0.195. The van der Waals surface area contributed by atoms with Crippen molar-refractivity contribution < 1.29 is 0 Å². The van der Waals surface area contributed by atoms with Crippen LogP contribution < -0.4 is 15.5 Å². The second-order valence-electron chi connectivity index (χ2n) is 7.38. The van der Waals surface area contributed by atoms with E-state index in [0.717, 1.165) is 38.1 Å². The van der Waals surface area contributed by atoms with Gasteiger partial charge in [-0.1, -0.05) is 6.92 Å². The van der Waals surface area contributed by atoms with Gasteiger partial charge in [-0.25, -0.2) is 0 Å². The molecule has 6 heteroatoms. The highest BCUT2D eigenvalue weighted by Crippen LogP contribution is 2.24. The van der Waals surface area contributed by atoms with Gasteiger partial charge in [0.25, 0.3) is 0 Å². The molecule has 0 aliphatic carbocycles. The van der Waals surface area contributed by atoms with Crippen molar-refractivity contribution in [1.82, 2.24) is 15.5 Å². The van der Waals surface area contributed by atoms with E-state index in [0.29, 0.717) is 6.04 Å². The van der Waals surface area contributed by atoms with Gasteiger partial charge in [0.05, 0.1) is 5.00 Å². The number of aliphatic imine (C=N–C) groups is 1. The first kappa shape index (κ1) is 18.5. The van der Waals surface area contributed by atoms with Crippen LogP contribution in [0.15, 0.2) is 22.5 Å². The number of likely N-dealkylation sites (tertiary alicyclic amines) is 1. The van der Waals surface area contributed by atoms with Crippen LogP contribution in [0.3, 0.4) is 0 Å². The number of anilines is 1. The molecule has 5 nitrogen and oxygen atoms in total. The van der Waals surface area contributed by atoms with E-state index in [-0.39, 0.29) is 0 Å². The zero-order valence-electron chi connectivity index (χ0n) is 15.7. The van der Waals surface area contributed by atoms with Crippen molar-refractivity contribution in [1.29, 1.82) is 0 Å². The van der Waals surface area contributed by atoms with Crippen molar-refractivity contribution in [2.75, 3.05) is 51.2 Å². The van der Waals surface area contributed by atoms with Gasteiger partial charge >= 0.3 is 0 Å². The summed E-state index contributed by atoms with van der Waals surface area (Å²) in [6.45, 7) is 9.20. The summed E-state index contributed by atoms with van der Waals surface area (Å²) in [7, 11) is 1.87. The molecule has 0 radical (unpaired) electrons. The van der Waals surface area contributed by atoms with E-state index in [4.69, 9.17) is 0 Å². The zero-order valence-corrected chi connectivity index (χ0v) is 16.5. The van der Waals surface area contributed by atoms with Gasteiger partial charge in [-0.2, -0.15) is 0 Å². The Morgan fingerprint density at radius 1 is 1.20 bits per heavy atom. The number of nitrogens with zero attached hydrogens (tertiary/aromatic N) is 3. The Morgan fingerprint density at radius 2 is 1.96 bits per heavy atom. The standard InChI is InChI=1S/C19H33N5S/c1-16-5-10-23(11-6-16)14-9-21-19(20-2)22-17-7-12-24(13-8-17)18-4-3-15-25-18/h3-4,15-17H,5-14H2,1-2H3,(H2,20,21,22). The summed E-state index contributed by atoms with van der Waals surface area (Å²) in [6, 6.07) is 4.89. The molecule has 0 spiro atoms. The maximum Gasteiger partial charge on any atom is 0.191 e. The van der Waals surface area contributed by atoms with Gasteiger partial charge in [0.15, 0.2) is 5.96 Å². The van der Waals surface area contributed by atoms with Crippen LogP contribution in [0.2, 0.25) is 0 Å². The molecule has 0 saturated carbocycles. The van der Waals surface area contributed by atoms with Gasteiger partial charge in [0.2, 0.25) is 0 Å². The predicted molar refractivity (Wildman–Crippen MR) is 109 cm³/mol. The quantitative estimate of drug-likeness (QED) is 0.623. The molecular formula is C19H33N5S. The van der Waals surface area contributed by atoms with Gasteiger partial charge in [-0.05, 0) is 62.2 Å². The molecule has 0 unspecified atom stereocenters. The molecule has 0 bridgehead atoms. The topological polar surface area (TPSA) is 42.9 Å². The van der Waals surface area contributed by atoms with Crippen molar-refractivity contribution in [3.05, 3.63) is 17.5 Å². The lowest BCUT2D eigenvalue weighted by atomic mass is 9.99. The van der Waals surface area contributed by atoms with Crippen LogP contribution in [0.4, 0.5) is 5.00 Å². The first-order valence-corrected chi connectivity index (χ1v) is 10.6. The SMILES string of the molecule is CN=C(NCCN1CCC(C)CC1)NC1CCN(c2cccs2)CC1. The van der Waals surface area contributed by atoms with Crippen LogP contribution in [0.25, 0.3) is 0 Å². The normalized spacial score (nSPS) is 21.5. The molecule has 2 saturated heterocycles. The Labute approximate surface area is 156 Å². The number of nitrogens with one attached hydrogen (secondary N) is 2. The van der Waals surface area contributed by atoms with Crippen LogP contribution >= 0.6 is 11.3 Å². The second-order valence-corrected chi connectivity index (χ2v) is 8.31. The van der Waals surface area contributed by atoms with Crippen LogP contribution in [-0.4, -0.2) is 63.2 Å². The predicted octanol–water partition coefficient (Wildman–Crippen LogP) is 2.61. The molecule has 2 N–H and O–H groups in total. The summed E-state index contributed by atoms with van der Waals surface area (Å²) in [6.07, 6.45) is 5.02. The largest absolute Gasteiger partial charge is 0.363 e. The maximum atomic E-state index is 4.41. The van der Waals surface area contributed by atoms with Crippen molar-refractivity contribution in [3.63, 3.8) is 0 Å². The van der Waals surface area contributed by atoms with Crippen molar-refractivity contribution in [2.24, 2.45) is 10.9 Å². The molecule has 2 fully saturated rings. The maximum absolute atomic E-state index is 4.41. The monoisotopic (exact) mass is 363 g/mol. The Kier molecular flexibility index (Phi) is 6.99. The highest BCUT2D eigenvalue weighted by atomic mass is 32.1. The summed E-state index contributed by atoms with van der Waals surface area (Å²) in [4.78, 5) is 9.48. The van der Waals surface area contributed by atoms with Crippen LogP contribution in [0.5, 0.6) is 0 Å². The van der Waals surface area contributed by atoms with Crippen molar-refractivity contribution >= 4 is 22.3 Å². The minimum atomic E-state index is 0.526. The number of hydrogen-bond acceptors (Lipinski definition) is 4. The third-order valence-corrected chi connectivity index (χ3v) is 6.40. The van der Waals surface area contributed by atoms with E-state index in [1.165, 1.54) is 43.8 Å². The smallest absolute Gasteiger partial charge is 0.191 e. The summed E-state index contributed by atoms with van der Waals surface area (Å²) in [5.41, 5.74) is 0. The minimum Gasteiger partial charge on any atom is -0.363 e. The van der Waals surface area contributed by atoms with E-state index < -0.39 is 0 Å². The fourth-order valence-corrected chi connectivity index (χ4v) is 4.49. The number of guanidine groups is 1. The molecule has 2 aliphatic rings. The van der Waals surface area contributed by atoms with Gasteiger partial charge in [0, 0.05) is 39.3 Å². The molecule has 1 aromatic rings. The summed E-state index contributed by atoms with van der Waals surface area (Å²) in [5, 5.41) is 10.7. The fraction of sp³-hybridized carbons (Fsp3) is 0.737. The van der Waals surface area contributed by atoms with E-state index in [2.05, 4.69) is 49.9 Å². The van der Waals surface area contributed by atoms with Gasteiger partial charge in [-0.3, -0.25) is 4.99 Å². The van der Waals surface area contributed by atoms with E-state index >= 15 is 0 Å². The lowest BCUT2D eigenvalue weighted by Crippen LogP contribution is -2.50. The molecule has 2 aliphatic heterocycles. The number of piperidine rings is 2. The number of thiophene rings is 1. The molecule has 3 rings (SSSR count). The Bertz CT molecular complexity index is 514. The Balaban J connectivity index is 1.34. The van der Waals surface area contributed by atoms with Crippen LogP contribution in [-0.2, 0) is 0 Å². The van der Waals surface area contributed by atoms with Crippen molar-refractivity contribution in [3.8, 4) is 0 Å². The Morgan fingerprint density at radius 3 is 2.60 bits per heavy atom. The molecule has 3 heterocycles. The Hall–Kier alpha value is -1.27. The third kappa shape index (κ3) is 5.61.